The highest BCUT2D eigenvalue weighted by molar-refractivity contribution is 5.95. The monoisotopic (exact) mass is 408 g/mol. The van der Waals surface area contributed by atoms with Crippen molar-refractivity contribution < 1.29 is 19.1 Å². The van der Waals surface area contributed by atoms with Crippen LogP contribution in [-0.4, -0.2) is 67.1 Å². The molecule has 6 nitrogen and oxygen atoms in total. The quantitative estimate of drug-likeness (QED) is 0.762. The van der Waals surface area contributed by atoms with Crippen LogP contribution in [0.3, 0.4) is 0 Å². The number of ether oxygens (including phenoxy) is 2. The number of benzene rings is 2. The molecule has 2 fully saturated rings. The molecule has 0 radical (unpaired) electrons. The summed E-state index contributed by atoms with van der Waals surface area (Å²) in [5.41, 5.74) is 2.69. The van der Waals surface area contributed by atoms with Gasteiger partial charge in [0, 0.05) is 43.9 Å². The van der Waals surface area contributed by atoms with Gasteiger partial charge in [0.05, 0.1) is 6.61 Å². The fraction of sp³-hybridized carbons (Fsp3) is 0.417. The van der Waals surface area contributed by atoms with Gasteiger partial charge in [0.25, 0.3) is 11.8 Å². The van der Waals surface area contributed by atoms with Gasteiger partial charge in [-0.15, -0.1) is 0 Å². The number of para-hydroxylation sites is 1. The van der Waals surface area contributed by atoms with Crippen LogP contribution in [0.15, 0.2) is 48.5 Å². The number of piperazine rings is 1. The van der Waals surface area contributed by atoms with Crippen molar-refractivity contribution in [3.63, 3.8) is 0 Å². The maximum absolute atomic E-state index is 12.9. The van der Waals surface area contributed by atoms with Gasteiger partial charge >= 0.3 is 0 Å². The highest BCUT2D eigenvalue weighted by Gasteiger charge is 2.31. The molecule has 6 heteroatoms. The smallest absolute Gasteiger partial charge is 0.253 e. The summed E-state index contributed by atoms with van der Waals surface area (Å²) in [7, 11) is 0. The molecule has 4 rings (SSSR count). The normalized spacial score (nSPS) is 19.0. The number of nitrogens with zero attached hydrogens (tertiary/aromatic N) is 2. The summed E-state index contributed by atoms with van der Waals surface area (Å²) in [6, 6.07) is 15.6. The van der Waals surface area contributed by atoms with Crippen molar-refractivity contribution in [3.8, 4) is 16.9 Å². The van der Waals surface area contributed by atoms with E-state index in [4.69, 9.17) is 9.47 Å². The van der Waals surface area contributed by atoms with Crippen LogP contribution >= 0.6 is 0 Å². The molecule has 0 unspecified atom stereocenters. The number of hydrogen-bond donors (Lipinski definition) is 0. The average molecular weight is 408 g/mol. The van der Waals surface area contributed by atoms with E-state index in [1.165, 1.54) is 0 Å². The molecule has 2 aromatic rings. The van der Waals surface area contributed by atoms with Crippen molar-refractivity contribution in [1.29, 1.82) is 0 Å². The molecule has 0 N–H and O–H groups in total. The number of hydrogen-bond acceptors (Lipinski definition) is 4. The van der Waals surface area contributed by atoms with Crippen molar-refractivity contribution in [3.05, 3.63) is 54.1 Å². The Morgan fingerprint density at radius 3 is 2.37 bits per heavy atom. The molecule has 1 atom stereocenters. The lowest BCUT2D eigenvalue weighted by Crippen LogP contribution is -2.52. The Hall–Kier alpha value is -2.86. The van der Waals surface area contributed by atoms with Gasteiger partial charge < -0.3 is 19.3 Å². The first-order chi connectivity index (χ1) is 14.7. The summed E-state index contributed by atoms with van der Waals surface area (Å²) < 4.78 is 11.2. The van der Waals surface area contributed by atoms with E-state index in [1.807, 2.05) is 65.3 Å². The largest absolute Gasteiger partial charge is 0.493 e. The molecule has 0 aliphatic carbocycles. The SMILES string of the molecule is CCOc1ccccc1-c1ccc(C(=O)N2CCN(C(=O)[C@@H]3CCCO3)CC2)cc1. The zero-order valence-corrected chi connectivity index (χ0v) is 17.4. The summed E-state index contributed by atoms with van der Waals surface area (Å²) in [6.07, 6.45) is 1.45. The third-order valence-corrected chi connectivity index (χ3v) is 5.71. The minimum atomic E-state index is -0.292. The van der Waals surface area contributed by atoms with Crippen LogP contribution in [0.1, 0.15) is 30.1 Å². The van der Waals surface area contributed by atoms with E-state index in [0.29, 0.717) is 45.0 Å². The zero-order valence-electron chi connectivity index (χ0n) is 17.4. The lowest BCUT2D eigenvalue weighted by Gasteiger charge is -2.35. The molecule has 2 aliphatic rings. The third kappa shape index (κ3) is 4.33. The van der Waals surface area contributed by atoms with Crippen molar-refractivity contribution in [1.82, 2.24) is 9.80 Å². The Labute approximate surface area is 177 Å². The van der Waals surface area contributed by atoms with Crippen molar-refractivity contribution in [2.75, 3.05) is 39.4 Å². The van der Waals surface area contributed by atoms with Gasteiger partial charge in [0.1, 0.15) is 11.9 Å². The predicted octanol–water partition coefficient (Wildman–Crippen LogP) is 3.22. The van der Waals surface area contributed by atoms with E-state index in [2.05, 4.69) is 0 Å². The summed E-state index contributed by atoms with van der Waals surface area (Å²) in [5.74, 6) is 0.909. The number of amides is 2. The fourth-order valence-corrected chi connectivity index (χ4v) is 4.07. The van der Waals surface area contributed by atoms with E-state index in [1.54, 1.807) is 0 Å². The molecular weight excluding hydrogens is 380 g/mol. The molecular formula is C24H28N2O4. The first-order valence-electron chi connectivity index (χ1n) is 10.7. The van der Waals surface area contributed by atoms with Crippen molar-refractivity contribution in [2.45, 2.75) is 25.9 Å². The van der Waals surface area contributed by atoms with Gasteiger partial charge in [-0.25, -0.2) is 0 Å². The predicted molar refractivity (Wildman–Crippen MR) is 115 cm³/mol. The van der Waals surface area contributed by atoms with E-state index in [0.717, 1.165) is 29.7 Å². The van der Waals surface area contributed by atoms with Crippen LogP contribution in [-0.2, 0) is 9.53 Å². The molecule has 0 aromatic heterocycles. The maximum atomic E-state index is 12.9. The minimum Gasteiger partial charge on any atom is -0.493 e. The van der Waals surface area contributed by atoms with E-state index >= 15 is 0 Å². The van der Waals surface area contributed by atoms with Gasteiger partial charge in [0.2, 0.25) is 0 Å². The lowest BCUT2D eigenvalue weighted by atomic mass is 10.0. The van der Waals surface area contributed by atoms with Crippen molar-refractivity contribution >= 4 is 11.8 Å². The minimum absolute atomic E-state index is 0.00357. The molecule has 2 aromatic carbocycles. The van der Waals surface area contributed by atoms with E-state index < -0.39 is 0 Å². The molecule has 2 saturated heterocycles. The van der Waals surface area contributed by atoms with Gasteiger partial charge in [-0.2, -0.15) is 0 Å². The molecule has 0 saturated carbocycles. The third-order valence-electron chi connectivity index (χ3n) is 5.71. The Balaban J connectivity index is 1.38. The number of carbonyl (C=O) groups excluding carboxylic acids is 2. The lowest BCUT2D eigenvalue weighted by molar-refractivity contribution is -0.142. The first-order valence-corrected chi connectivity index (χ1v) is 10.7. The van der Waals surface area contributed by atoms with Crippen LogP contribution in [0.5, 0.6) is 5.75 Å². The highest BCUT2D eigenvalue weighted by atomic mass is 16.5. The summed E-state index contributed by atoms with van der Waals surface area (Å²) in [4.78, 5) is 29.1. The molecule has 0 spiro atoms. The molecule has 0 bridgehead atoms. The van der Waals surface area contributed by atoms with E-state index in [-0.39, 0.29) is 17.9 Å². The Kier molecular flexibility index (Phi) is 6.33. The second-order valence-electron chi connectivity index (χ2n) is 7.63. The van der Waals surface area contributed by atoms with Crippen LogP contribution < -0.4 is 4.74 Å². The zero-order chi connectivity index (χ0) is 20.9. The van der Waals surface area contributed by atoms with Gasteiger partial charge in [-0.1, -0.05) is 30.3 Å². The maximum Gasteiger partial charge on any atom is 0.253 e. The number of rotatable bonds is 5. The van der Waals surface area contributed by atoms with Crippen LogP contribution in [0.2, 0.25) is 0 Å². The Morgan fingerprint density at radius 2 is 1.70 bits per heavy atom. The first kappa shape index (κ1) is 20.4. The van der Waals surface area contributed by atoms with Crippen LogP contribution in [0.25, 0.3) is 11.1 Å². The summed E-state index contributed by atoms with van der Waals surface area (Å²) in [6.45, 7) is 5.45. The topological polar surface area (TPSA) is 59.1 Å². The van der Waals surface area contributed by atoms with Gasteiger partial charge in [-0.3, -0.25) is 9.59 Å². The molecule has 30 heavy (non-hydrogen) atoms. The van der Waals surface area contributed by atoms with Crippen LogP contribution in [0, 0.1) is 0 Å². The second kappa shape index (κ2) is 9.30. The molecule has 2 heterocycles. The summed E-state index contributed by atoms with van der Waals surface area (Å²) in [5, 5.41) is 0. The van der Waals surface area contributed by atoms with Crippen LogP contribution in [0.4, 0.5) is 0 Å². The standard InChI is InChI=1S/C24H28N2O4/c1-2-29-21-7-4-3-6-20(21)18-9-11-19(12-10-18)23(27)25-13-15-26(16-14-25)24(28)22-8-5-17-30-22/h3-4,6-7,9-12,22H,2,5,8,13-17H2,1H3/t22-/m0/s1. The molecule has 2 amide bonds. The van der Waals surface area contributed by atoms with Gasteiger partial charge in [0.15, 0.2) is 0 Å². The summed E-state index contributed by atoms with van der Waals surface area (Å²) >= 11 is 0. The van der Waals surface area contributed by atoms with Crippen molar-refractivity contribution in [2.24, 2.45) is 0 Å². The highest BCUT2D eigenvalue weighted by Crippen LogP contribution is 2.30. The Bertz CT molecular complexity index is 882. The molecule has 2 aliphatic heterocycles. The average Bonchev–Trinajstić information content (AvgIpc) is 3.34. The number of carbonyl (C=O) groups is 2. The van der Waals surface area contributed by atoms with Gasteiger partial charge in [-0.05, 0) is 43.5 Å². The second-order valence-corrected chi connectivity index (χ2v) is 7.63. The van der Waals surface area contributed by atoms with E-state index in [9.17, 15) is 9.59 Å². The molecule has 158 valence electrons. The fourth-order valence-electron chi connectivity index (χ4n) is 4.07. The Morgan fingerprint density at radius 1 is 1.00 bits per heavy atom.